The molecule has 0 aromatic heterocycles. The van der Waals surface area contributed by atoms with E-state index in [4.69, 9.17) is 9.68 Å². The van der Waals surface area contributed by atoms with E-state index in [1.165, 1.54) is 6.42 Å². The first-order valence-electron chi connectivity index (χ1n) is 6.98. The molecule has 2 amide bonds. The van der Waals surface area contributed by atoms with E-state index in [0.717, 1.165) is 36.6 Å². The predicted molar refractivity (Wildman–Crippen MR) is 73.3 cm³/mol. The van der Waals surface area contributed by atoms with E-state index in [2.05, 4.69) is 10.6 Å². The molecule has 6 heteroatoms. The van der Waals surface area contributed by atoms with Crippen LogP contribution < -0.4 is 5.48 Å². The van der Waals surface area contributed by atoms with Gasteiger partial charge in [0.25, 0.3) is 0 Å². The molecule has 6 nitrogen and oxygen atoms in total. The molecule has 110 valence electrons. The van der Waals surface area contributed by atoms with Gasteiger partial charge in [-0.25, -0.2) is 15.1 Å². The minimum Gasteiger partial charge on any atom is -0.269 e. The van der Waals surface area contributed by atoms with Crippen molar-refractivity contribution in [3.8, 4) is 0 Å². The molecule has 0 aromatic rings. The van der Waals surface area contributed by atoms with Crippen molar-refractivity contribution in [2.45, 2.75) is 72.0 Å². The van der Waals surface area contributed by atoms with Gasteiger partial charge in [0.05, 0.1) is 12.2 Å². The number of nitrogens with one attached hydrogen (secondary N) is 1. The van der Waals surface area contributed by atoms with Crippen molar-refractivity contribution in [3.05, 3.63) is 0 Å². The van der Waals surface area contributed by atoms with Crippen molar-refractivity contribution in [1.29, 1.82) is 0 Å². The summed E-state index contributed by atoms with van der Waals surface area (Å²) in [5.41, 5.74) is 3.34. The lowest BCUT2D eigenvalue weighted by Gasteiger charge is -2.22. The van der Waals surface area contributed by atoms with E-state index in [-0.39, 0.29) is 12.2 Å². The van der Waals surface area contributed by atoms with Crippen molar-refractivity contribution in [2.24, 2.45) is 5.10 Å². The first-order chi connectivity index (χ1) is 8.99. The zero-order valence-electron chi connectivity index (χ0n) is 12.3. The van der Waals surface area contributed by atoms with Gasteiger partial charge in [0.2, 0.25) is 0 Å². The number of carbonyl (C=O) groups excluding carboxylic acids is 1. The van der Waals surface area contributed by atoms with Crippen LogP contribution in [0.25, 0.3) is 0 Å². The number of urea groups is 1. The molecule has 0 spiro atoms. The van der Waals surface area contributed by atoms with Crippen LogP contribution in [0, 0.1) is 0 Å². The van der Waals surface area contributed by atoms with Crippen LogP contribution in [0.1, 0.15) is 59.8 Å². The molecule has 0 aliphatic heterocycles. The largest absolute Gasteiger partial charge is 0.387 e. The van der Waals surface area contributed by atoms with Crippen LogP contribution in [0.2, 0.25) is 0 Å². The lowest BCUT2D eigenvalue weighted by molar-refractivity contribution is -0.158. The Bertz CT molecular complexity index is 308. The van der Waals surface area contributed by atoms with Gasteiger partial charge >= 0.3 is 6.03 Å². The minimum absolute atomic E-state index is 0.0906. The number of amides is 2. The predicted octanol–water partition coefficient (Wildman–Crippen LogP) is 3.00. The van der Waals surface area contributed by atoms with E-state index in [1.54, 1.807) is 0 Å². The van der Waals surface area contributed by atoms with Crippen molar-refractivity contribution < 1.29 is 14.5 Å². The molecule has 1 saturated carbocycles. The van der Waals surface area contributed by atoms with Gasteiger partial charge in [-0.05, 0) is 53.4 Å². The number of hydroxylamine groups is 2. The first kappa shape index (κ1) is 15.9. The molecule has 0 unspecified atom stereocenters. The van der Waals surface area contributed by atoms with Gasteiger partial charge in [0, 0.05) is 5.71 Å². The van der Waals surface area contributed by atoms with Crippen molar-refractivity contribution >= 4 is 11.7 Å². The van der Waals surface area contributed by atoms with E-state index < -0.39 is 6.03 Å². The maximum absolute atomic E-state index is 11.9. The zero-order chi connectivity index (χ0) is 14.3. The lowest BCUT2D eigenvalue weighted by atomic mass is 9.99. The second-order valence-corrected chi connectivity index (χ2v) is 5.23. The van der Waals surface area contributed by atoms with Crippen LogP contribution in [0.4, 0.5) is 4.79 Å². The summed E-state index contributed by atoms with van der Waals surface area (Å²) in [6.45, 7) is 7.37. The highest BCUT2D eigenvalue weighted by atomic mass is 16.7. The molecule has 0 aromatic carbocycles. The van der Waals surface area contributed by atoms with Gasteiger partial charge in [0.15, 0.2) is 0 Å². The summed E-state index contributed by atoms with van der Waals surface area (Å²) >= 11 is 0. The molecule has 0 heterocycles. The normalized spacial score (nSPS) is 15.8. The number of carbonyl (C=O) groups is 1. The van der Waals surface area contributed by atoms with Crippen molar-refractivity contribution in [1.82, 2.24) is 10.7 Å². The Morgan fingerprint density at radius 3 is 2.32 bits per heavy atom. The number of rotatable bonds is 5. The molecule has 1 N–H and O–H groups in total. The van der Waals surface area contributed by atoms with Crippen LogP contribution in [0.15, 0.2) is 5.10 Å². The van der Waals surface area contributed by atoms with Crippen molar-refractivity contribution in [2.75, 3.05) is 0 Å². The molecular weight excluding hydrogens is 246 g/mol. The third kappa shape index (κ3) is 6.54. The molecule has 0 radical (unpaired) electrons. The second kappa shape index (κ2) is 8.12. The van der Waals surface area contributed by atoms with Crippen LogP contribution in [0.3, 0.4) is 0 Å². The molecule has 1 rings (SSSR count). The summed E-state index contributed by atoms with van der Waals surface area (Å²) in [7, 11) is 0. The third-order valence-electron chi connectivity index (χ3n) is 2.53. The Morgan fingerprint density at radius 2 is 1.79 bits per heavy atom. The molecule has 1 aliphatic carbocycles. The number of hydrogen-bond acceptors (Lipinski definition) is 4. The first-order valence-corrected chi connectivity index (χ1v) is 6.98. The fraction of sp³-hybridized carbons (Fsp3) is 0.846. The van der Waals surface area contributed by atoms with Crippen molar-refractivity contribution in [3.63, 3.8) is 0 Å². The average molecular weight is 271 g/mol. The van der Waals surface area contributed by atoms with E-state index >= 15 is 0 Å². The van der Waals surface area contributed by atoms with Crippen LogP contribution in [-0.4, -0.2) is 29.1 Å². The maximum Gasteiger partial charge on any atom is 0.387 e. The Labute approximate surface area is 115 Å². The molecule has 0 atom stereocenters. The highest BCUT2D eigenvalue weighted by Gasteiger charge is 2.18. The number of hydrazone groups is 1. The maximum atomic E-state index is 11.9. The molecule has 0 saturated heterocycles. The topological polar surface area (TPSA) is 63.2 Å². The quantitative estimate of drug-likeness (QED) is 0.782. The summed E-state index contributed by atoms with van der Waals surface area (Å²) in [5, 5.41) is 5.30. The lowest BCUT2D eigenvalue weighted by Crippen LogP contribution is -2.40. The van der Waals surface area contributed by atoms with Gasteiger partial charge in [-0.15, -0.1) is 0 Å². The van der Waals surface area contributed by atoms with Crippen LogP contribution >= 0.6 is 0 Å². The Kier molecular flexibility index (Phi) is 6.80. The highest BCUT2D eigenvalue weighted by Crippen LogP contribution is 2.16. The van der Waals surface area contributed by atoms with Gasteiger partial charge in [-0.1, -0.05) is 11.6 Å². The SMILES string of the molecule is CC(C)ONC(=O)N(N=C1CCCCC1)OC(C)C. The molecular formula is C13H25N3O3. The standard InChI is InChI=1S/C13H25N3O3/c1-10(2)18-15-13(17)16(19-11(3)4)14-12-8-6-5-7-9-12/h10-11H,5-9H2,1-4H3,(H,15,17). The minimum atomic E-state index is -0.500. The van der Waals surface area contributed by atoms with Gasteiger partial charge in [-0.2, -0.15) is 5.10 Å². The second-order valence-electron chi connectivity index (χ2n) is 5.23. The van der Waals surface area contributed by atoms with E-state index in [1.807, 2.05) is 27.7 Å². The molecule has 1 aliphatic rings. The third-order valence-corrected chi connectivity index (χ3v) is 2.53. The Morgan fingerprint density at radius 1 is 1.16 bits per heavy atom. The van der Waals surface area contributed by atoms with Crippen LogP contribution in [-0.2, 0) is 9.68 Å². The molecule has 0 bridgehead atoms. The van der Waals surface area contributed by atoms with Gasteiger partial charge < -0.3 is 0 Å². The summed E-state index contributed by atoms with van der Waals surface area (Å²) in [6.07, 6.45) is 5.11. The number of hydrogen-bond donors (Lipinski definition) is 1. The smallest absolute Gasteiger partial charge is 0.269 e. The summed E-state index contributed by atoms with van der Waals surface area (Å²) in [4.78, 5) is 22.4. The summed E-state index contributed by atoms with van der Waals surface area (Å²) in [5.74, 6) is 0. The fourth-order valence-corrected chi connectivity index (χ4v) is 1.71. The van der Waals surface area contributed by atoms with E-state index in [0.29, 0.717) is 0 Å². The molecule has 1 fully saturated rings. The number of nitrogens with zero attached hydrogens (tertiary/aromatic N) is 2. The zero-order valence-corrected chi connectivity index (χ0v) is 12.3. The molecule has 19 heavy (non-hydrogen) atoms. The summed E-state index contributed by atoms with van der Waals surface area (Å²) in [6, 6.07) is -0.500. The van der Waals surface area contributed by atoms with Gasteiger partial charge in [-0.3, -0.25) is 4.84 Å². The average Bonchev–Trinajstić information content (AvgIpc) is 2.36. The Balaban J connectivity index is 2.61. The van der Waals surface area contributed by atoms with E-state index in [9.17, 15) is 4.79 Å². The van der Waals surface area contributed by atoms with Gasteiger partial charge in [0.1, 0.15) is 0 Å². The fourth-order valence-electron chi connectivity index (χ4n) is 1.71. The van der Waals surface area contributed by atoms with Crippen LogP contribution in [0.5, 0.6) is 0 Å². The monoisotopic (exact) mass is 271 g/mol. The summed E-state index contributed by atoms with van der Waals surface area (Å²) < 4.78 is 0. The highest BCUT2D eigenvalue weighted by molar-refractivity contribution is 5.86. The Hall–Kier alpha value is -1.14.